The molecule has 116 valence electrons. The molecule has 0 amide bonds. The lowest BCUT2D eigenvalue weighted by Crippen LogP contribution is -2.21. The van der Waals surface area contributed by atoms with Crippen LogP contribution in [0.5, 0.6) is 5.75 Å². The van der Waals surface area contributed by atoms with Crippen molar-refractivity contribution in [1.29, 1.82) is 0 Å². The van der Waals surface area contributed by atoms with E-state index in [1.54, 1.807) is 0 Å². The number of anilines is 2. The number of hydrogen-bond donors (Lipinski definition) is 2. The zero-order valence-electron chi connectivity index (χ0n) is 12.7. The molecule has 1 aromatic carbocycles. The molecule has 0 saturated heterocycles. The second kappa shape index (κ2) is 6.66. The quantitative estimate of drug-likeness (QED) is 0.855. The van der Waals surface area contributed by atoms with Crippen molar-refractivity contribution in [3.63, 3.8) is 0 Å². The lowest BCUT2D eigenvalue weighted by molar-refractivity contribution is 0.304. The molecule has 5 heteroatoms. The topological polar surface area (TPSA) is 57.6 Å². The maximum Gasteiger partial charge on any atom is 0.126 e. The minimum Gasteiger partial charge on any atom is -0.493 e. The van der Waals surface area contributed by atoms with E-state index < -0.39 is 0 Å². The van der Waals surface area contributed by atoms with Crippen LogP contribution >= 0.6 is 0 Å². The Morgan fingerprint density at radius 2 is 2.23 bits per heavy atom. The Morgan fingerprint density at radius 3 is 3.00 bits per heavy atom. The van der Waals surface area contributed by atoms with Crippen LogP contribution in [0.25, 0.3) is 0 Å². The van der Waals surface area contributed by atoms with E-state index >= 15 is 0 Å². The molecule has 0 radical (unpaired) electrons. The number of benzene rings is 1. The highest BCUT2D eigenvalue weighted by Gasteiger charge is 2.11. The van der Waals surface area contributed by atoms with E-state index in [1.165, 1.54) is 11.1 Å². The standard InChI is InChI=1S/C17H21N3O2/c1-20(7-8-21)15-3-5-17(19-12-15)18-11-13-2-4-16-14(10-13)6-9-22-16/h2-5,10,12,21H,6-9,11H2,1H3,(H,18,19). The van der Waals surface area contributed by atoms with Crippen LogP contribution < -0.4 is 15.0 Å². The summed E-state index contributed by atoms with van der Waals surface area (Å²) in [5.74, 6) is 1.86. The van der Waals surface area contributed by atoms with Gasteiger partial charge in [-0.15, -0.1) is 0 Å². The van der Waals surface area contributed by atoms with Crippen molar-refractivity contribution < 1.29 is 9.84 Å². The van der Waals surface area contributed by atoms with Crippen molar-refractivity contribution >= 4 is 11.5 Å². The fourth-order valence-corrected chi connectivity index (χ4v) is 2.54. The Balaban J connectivity index is 1.59. The van der Waals surface area contributed by atoms with E-state index in [9.17, 15) is 0 Å². The predicted molar refractivity (Wildman–Crippen MR) is 87.6 cm³/mol. The number of aliphatic hydroxyl groups excluding tert-OH is 1. The van der Waals surface area contributed by atoms with Crippen molar-refractivity contribution in [2.45, 2.75) is 13.0 Å². The molecule has 2 aromatic rings. The Labute approximate surface area is 130 Å². The fraction of sp³-hybridized carbons (Fsp3) is 0.353. The second-order valence-electron chi connectivity index (χ2n) is 5.44. The highest BCUT2D eigenvalue weighted by atomic mass is 16.5. The lowest BCUT2D eigenvalue weighted by Gasteiger charge is -2.17. The zero-order chi connectivity index (χ0) is 15.4. The number of aliphatic hydroxyl groups is 1. The Bertz CT molecular complexity index is 628. The van der Waals surface area contributed by atoms with E-state index in [-0.39, 0.29) is 6.61 Å². The normalized spacial score (nSPS) is 12.6. The Morgan fingerprint density at radius 1 is 1.32 bits per heavy atom. The monoisotopic (exact) mass is 299 g/mol. The van der Waals surface area contributed by atoms with Gasteiger partial charge in [-0.05, 0) is 29.3 Å². The molecule has 0 atom stereocenters. The number of ether oxygens (including phenoxy) is 1. The molecular weight excluding hydrogens is 278 g/mol. The van der Waals surface area contributed by atoms with Crippen LogP contribution in [0.4, 0.5) is 11.5 Å². The summed E-state index contributed by atoms with van der Waals surface area (Å²) >= 11 is 0. The maximum atomic E-state index is 8.95. The van der Waals surface area contributed by atoms with Gasteiger partial charge in [-0.25, -0.2) is 4.98 Å². The van der Waals surface area contributed by atoms with E-state index in [1.807, 2.05) is 36.3 Å². The third-order valence-corrected chi connectivity index (χ3v) is 3.85. The molecule has 1 aromatic heterocycles. The SMILES string of the molecule is CN(CCO)c1ccc(NCc2ccc3c(c2)CCO3)nc1. The first kappa shape index (κ1) is 14.7. The molecule has 5 nitrogen and oxygen atoms in total. The molecule has 2 N–H and O–H groups in total. The van der Waals surface area contributed by atoms with Gasteiger partial charge in [-0.2, -0.15) is 0 Å². The summed E-state index contributed by atoms with van der Waals surface area (Å²) in [5.41, 5.74) is 3.51. The summed E-state index contributed by atoms with van der Waals surface area (Å²) < 4.78 is 5.52. The van der Waals surface area contributed by atoms with Crippen molar-refractivity contribution in [3.05, 3.63) is 47.7 Å². The molecule has 3 rings (SSSR count). The average molecular weight is 299 g/mol. The van der Waals surface area contributed by atoms with Gasteiger partial charge in [0.2, 0.25) is 0 Å². The summed E-state index contributed by atoms with van der Waals surface area (Å²) in [4.78, 5) is 6.38. The summed E-state index contributed by atoms with van der Waals surface area (Å²) in [6, 6.07) is 10.3. The van der Waals surface area contributed by atoms with E-state index in [0.717, 1.165) is 36.8 Å². The number of likely N-dealkylation sites (N-methyl/N-ethyl adjacent to an activating group) is 1. The van der Waals surface area contributed by atoms with Gasteiger partial charge in [-0.1, -0.05) is 12.1 Å². The van der Waals surface area contributed by atoms with Crippen LogP contribution in [0.2, 0.25) is 0 Å². The van der Waals surface area contributed by atoms with Crippen LogP contribution in [0.1, 0.15) is 11.1 Å². The van der Waals surface area contributed by atoms with Gasteiger partial charge < -0.3 is 20.1 Å². The first-order chi connectivity index (χ1) is 10.8. The number of nitrogens with zero attached hydrogens (tertiary/aromatic N) is 2. The number of nitrogens with one attached hydrogen (secondary N) is 1. The Hall–Kier alpha value is -2.27. The summed E-state index contributed by atoms with van der Waals surface area (Å²) in [6.45, 7) is 2.27. The van der Waals surface area contributed by atoms with E-state index in [0.29, 0.717) is 6.54 Å². The lowest BCUT2D eigenvalue weighted by atomic mass is 10.1. The number of pyridine rings is 1. The largest absolute Gasteiger partial charge is 0.493 e. The molecule has 2 heterocycles. The Kier molecular flexibility index (Phi) is 4.44. The molecule has 0 saturated carbocycles. The van der Waals surface area contributed by atoms with Crippen molar-refractivity contribution in [3.8, 4) is 5.75 Å². The summed E-state index contributed by atoms with van der Waals surface area (Å²) in [6.07, 6.45) is 2.81. The minimum atomic E-state index is 0.137. The smallest absolute Gasteiger partial charge is 0.126 e. The first-order valence-corrected chi connectivity index (χ1v) is 7.53. The van der Waals surface area contributed by atoms with Gasteiger partial charge in [0, 0.05) is 26.6 Å². The third kappa shape index (κ3) is 3.31. The van der Waals surface area contributed by atoms with E-state index in [4.69, 9.17) is 9.84 Å². The van der Waals surface area contributed by atoms with Gasteiger partial charge in [0.1, 0.15) is 11.6 Å². The number of rotatable bonds is 6. The number of aromatic nitrogens is 1. The molecule has 22 heavy (non-hydrogen) atoms. The molecule has 0 fully saturated rings. The van der Waals surface area contributed by atoms with Gasteiger partial charge >= 0.3 is 0 Å². The van der Waals surface area contributed by atoms with E-state index in [2.05, 4.69) is 22.4 Å². The summed E-state index contributed by atoms with van der Waals surface area (Å²) in [7, 11) is 1.94. The molecule has 0 aliphatic carbocycles. The van der Waals surface area contributed by atoms with Gasteiger partial charge in [0.05, 0.1) is 25.1 Å². The van der Waals surface area contributed by atoms with Gasteiger partial charge in [0.25, 0.3) is 0 Å². The molecule has 0 bridgehead atoms. The van der Waals surface area contributed by atoms with Crippen LogP contribution in [0.15, 0.2) is 36.5 Å². The van der Waals surface area contributed by atoms with Gasteiger partial charge in [-0.3, -0.25) is 0 Å². The van der Waals surface area contributed by atoms with Crippen LogP contribution in [-0.4, -0.2) is 36.9 Å². The van der Waals surface area contributed by atoms with Crippen molar-refractivity contribution in [1.82, 2.24) is 4.98 Å². The molecule has 0 spiro atoms. The predicted octanol–water partition coefficient (Wildman–Crippen LogP) is 2.06. The zero-order valence-corrected chi connectivity index (χ0v) is 12.7. The molecule has 0 unspecified atom stereocenters. The van der Waals surface area contributed by atoms with Crippen LogP contribution in [0, 0.1) is 0 Å². The second-order valence-corrected chi connectivity index (χ2v) is 5.44. The maximum absolute atomic E-state index is 8.95. The summed E-state index contributed by atoms with van der Waals surface area (Å²) in [5, 5.41) is 12.3. The highest BCUT2D eigenvalue weighted by molar-refractivity contribution is 5.49. The average Bonchev–Trinajstić information content (AvgIpc) is 3.01. The van der Waals surface area contributed by atoms with Crippen LogP contribution in [0.3, 0.4) is 0 Å². The molecule has 1 aliphatic rings. The third-order valence-electron chi connectivity index (χ3n) is 3.85. The number of fused-ring (bicyclic) bond motifs is 1. The van der Waals surface area contributed by atoms with Crippen LogP contribution in [-0.2, 0) is 13.0 Å². The number of hydrogen-bond acceptors (Lipinski definition) is 5. The first-order valence-electron chi connectivity index (χ1n) is 7.53. The molecule has 1 aliphatic heterocycles. The van der Waals surface area contributed by atoms with Gasteiger partial charge in [0.15, 0.2) is 0 Å². The van der Waals surface area contributed by atoms with Crippen molar-refractivity contribution in [2.24, 2.45) is 0 Å². The molecular formula is C17H21N3O2. The fourth-order valence-electron chi connectivity index (χ4n) is 2.54. The minimum absolute atomic E-state index is 0.137. The highest BCUT2D eigenvalue weighted by Crippen LogP contribution is 2.26. The van der Waals surface area contributed by atoms with Crippen molar-refractivity contribution in [2.75, 3.05) is 37.0 Å².